The first-order valence-electron chi connectivity index (χ1n) is 9.14. The van der Waals surface area contributed by atoms with Crippen molar-refractivity contribution in [2.75, 3.05) is 0 Å². The fraction of sp³-hybridized carbons (Fsp3) is 0.800. The molecule has 0 aliphatic heterocycles. The molecule has 4 rings (SSSR count). The highest BCUT2D eigenvalue weighted by Gasteiger charge is 2.60. The first-order valence-corrected chi connectivity index (χ1v) is 9.14. The Kier molecular flexibility index (Phi) is 3.03. The average molecular weight is 300 g/mol. The third kappa shape index (κ3) is 1.73. The van der Waals surface area contributed by atoms with Gasteiger partial charge in [-0.05, 0) is 67.8 Å². The summed E-state index contributed by atoms with van der Waals surface area (Å²) in [7, 11) is 0. The smallest absolute Gasteiger partial charge is 0.155 e. The minimum absolute atomic E-state index is 0.0529. The third-order valence-corrected chi connectivity index (χ3v) is 7.97. The Hall–Kier alpha value is -0.920. The van der Waals surface area contributed by atoms with Crippen LogP contribution in [-0.2, 0) is 9.59 Å². The summed E-state index contributed by atoms with van der Waals surface area (Å²) < 4.78 is 0. The molecule has 0 spiro atoms. The Labute approximate surface area is 133 Å². The molecule has 120 valence electrons. The second kappa shape index (κ2) is 4.55. The van der Waals surface area contributed by atoms with E-state index >= 15 is 0 Å². The van der Waals surface area contributed by atoms with Crippen LogP contribution in [0.3, 0.4) is 0 Å². The Morgan fingerprint density at radius 1 is 1.00 bits per heavy atom. The van der Waals surface area contributed by atoms with Gasteiger partial charge in [0, 0.05) is 17.8 Å². The number of Topliss-reactive ketones (excluding diaryl/α,β-unsaturated/α-hetero) is 1. The number of hydrogen-bond donors (Lipinski definition) is 0. The van der Waals surface area contributed by atoms with E-state index in [0.717, 1.165) is 32.1 Å². The minimum Gasteiger partial charge on any atom is -0.299 e. The van der Waals surface area contributed by atoms with Crippen molar-refractivity contribution in [1.82, 2.24) is 0 Å². The molecule has 4 aliphatic rings. The number of allylic oxidation sites excluding steroid dienone is 1. The fourth-order valence-corrected chi connectivity index (χ4v) is 6.67. The molecule has 22 heavy (non-hydrogen) atoms. The van der Waals surface area contributed by atoms with Gasteiger partial charge in [-0.25, -0.2) is 0 Å². The summed E-state index contributed by atoms with van der Waals surface area (Å²) in [6.07, 6.45) is 9.35. The van der Waals surface area contributed by atoms with Gasteiger partial charge in [0.15, 0.2) is 5.78 Å². The minimum atomic E-state index is -0.0529. The van der Waals surface area contributed by atoms with Crippen molar-refractivity contribution in [2.45, 2.75) is 65.7 Å². The Balaban J connectivity index is 1.70. The monoisotopic (exact) mass is 300 g/mol. The lowest BCUT2D eigenvalue weighted by atomic mass is 9.47. The number of fused-ring (bicyclic) bond motifs is 5. The molecule has 3 unspecified atom stereocenters. The highest BCUT2D eigenvalue weighted by atomic mass is 16.1. The van der Waals surface area contributed by atoms with Crippen LogP contribution < -0.4 is 0 Å². The van der Waals surface area contributed by atoms with E-state index in [1.807, 2.05) is 6.08 Å². The number of carbonyl (C=O) groups is 2. The lowest BCUT2D eigenvalue weighted by Crippen LogP contribution is -2.50. The van der Waals surface area contributed by atoms with Gasteiger partial charge >= 0.3 is 0 Å². The van der Waals surface area contributed by atoms with Gasteiger partial charge < -0.3 is 0 Å². The highest BCUT2D eigenvalue weighted by Crippen LogP contribution is 2.64. The standard InChI is InChI=1S/C20H28O2/c1-12-10-17-15-5-4-13-11-14(21)6-8-19(13,2)16(15)7-9-20(17,3)18(12)22/h11-12,15-17H,4-10H2,1-3H3/t12-,15?,16?,17?,19-,20-/m0/s1. The number of carbonyl (C=O) groups excluding carboxylic acids is 2. The first kappa shape index (κ1) is 14.7. The summed E-state index contributed by atoms with van der Waals surface area (Å²) in [5, 5.41) is 0. The van der Waals surface area contributed by atoms with Crippen LogP contribution in [0, 0.1) is 34.5 Å². The molecule has 0 bridgehead atoms. The lowest BCUT2D eigenvalue weighted by Gasteiger charge is -2.56. The quantitative estimate of drug-likeness (QED) is 0.667. The van der Waals surface area contributed by atoms with Gasteiger partial charge in [0.1, 0.15) is 5.78 Å². The van der Waals surface area contributed by atoms with Crippen LogP contribution in [-0.4, -0.2) is 11.6 Å². The summed E-state index contributed by atoms with van der Waals surface area (Å²) in [4.78, 5) is 24.5. The maximum Gasteiger partial charge on any atom is 0.155 e. The van der Waals surface area contributed by atoms with E-state index in [1.54, 1.807) is 0 Å². The number of rotatable bonds is 0. The van der Waals surface area contributed by atoms with E-state index in [2.05, 4.69) is 20.8 Å². The SMILES string of the molecule is C[C@H]1CC2C3CCC4=CC(=O)CC[C@]4(C)C3CC[C@]2(C)C1=O. The van der Waals surface area contributed by atoms with Crippen molar-refractivity contribution in [2.24, 2.45) is 34.5 Å². The predicted octanol–water partition coefficient (Wildman–Crippen LogP) is 4.33. The summed E-state index contributed by atoms with van der Waals surface area (Å²) >= 11 is 0. The molecule has 4 aliphatic carbocycles. The molecule has 0 aromatic heterocycles. The maximum atomic E-state index is 12.7. The van der Waals surface area contributed by atoms with Crippen LogP contribution in [0.25, 0.3) is 0 Å². The third-order valence-electron chi connectivity index (χ3n) is 7.97. The number of hydrogen-bond acceptors (Lipinski definition) is 2. The molecule has 0 N–H and O–H groups in total. The molecule has 2 heteroatoms. The van der Waals surface area contributed by atoms with Crippen molar-refractivity contribution in [3.8, 4) is 0 Å². The Morgan fingerprint density at radius 3 is 2.55 bits per heavy atom. The maximum absolute atomic E-state index is 12.7. The molecule has 3 fully saturated rings. The zero-order valence-electron chi connectivity index (χ0n) is 14.2. The fourth-order valence-electron chi connectivity index (χ4n) is 6.67. The summed E-state index contributed by atoms with van der Waals surface area (Å²) in [5.74, 6) is 3.09. The van der Waals surface area contributed by atoms with Crippen LogP contribution in [0.5, 0.6) is 0 Å². The molecule has 0 saturated heterocycles. The van der Waals surface area contributed by atoms with Crippen molar-refractivity contribution in [1.29, 1.82) is 0 Å². The number of ketones is 2. The molecule has 2 nitrogen and oxygen atoms in total. The molecular formula is C20H28O2. The lowest BCUT2D eigenvalue weighted by molar-refractivity contribution is -0.134. The van der Waals surface area contributed by atoms with Gasteiger partial charge in [-0.2, -0.15) is 0 Å². The Morgan fingerprint density at radius 2 is 1.77 bits per heavy atom. The van der Waals surface area contributed by atoms with Gasteiger partial charge in [-0.3, -0.25) is 9.59 Å². The van der Waals surface area contributed by atoms with E-state index < -0.39 is 0 Å². The molecule has 3 saturated carbocycles. The van der Waals surface area contributed by atoms with E-state index in [9.17, 15) is 9.59 Å². The van der Waals surface area contributed by atoms with Crippen molar-refractivity contribution < 1.29 is 9.59 Å². The topological polar surface area (TPSA) is 34.1 Å². The van der Waals surface area contributed by atoms with E-state index in [-0.39, 0.29) is 16.7 Å². The molecule has 0 aromatic rings. The van der Waals surface area contributed by atoms with E-state index in [4.69, 9.17) is 0 Å². The molecular weight excluding hydrogens is 272 g/mol. The van der Waals surface area contributed by atoms with Gasteiger partial charge in [0.2, 0.25) is 0 Å². The zero-order valence-corrected chi connectivity index (χ0v) is 14.2. The van der Waals surface area contributed by atoms with Crippen LogP contribution in [0.1, 0.15) is 65.7 Å². The molecule has 0 amide bonds. The van der Waals surface area contributed by atoms with Crippen LogP contribution >= 0.6 is 0 Å². The summed E-state index contributed by atoms with van der Waals surface area (Å²) in [5.41, 5.74) is 1.60. The largest absolute Gasteiger partial charge is 0.299 e. The average Bonchev–Trinajstić information content (AvgIpc) is 2.72. The second-order valence-electron chi connectivity index (χ2n) is 8.93. The van der Waals surface area contributed by atoms with E-state index in [1.165, 1.54) is 18.4 Å². The normalized spacial score (nSPS) is 51.0. The second-order valence-corrected chi connectivity index (χ2v) is 8.93. The zero-order chi connectivity index (χ0) is 15.7. The molecule has 6 atom stereocenters. The van der Waals surface area contributed by atoms with Crippen molar-refractivity contribution in [3.63, 3.8) is 0 Å². The molecule has 0 aromatic carbocycles. The van der Waals surface area contributed by atoms with Crippen LogP contribution in [0.4, 0.5) is 0 Å². The van der Waals surface area contributed by atoms with Crippen molar-refractivity contribution >= 4 is 11.6 Å². The van der Waals surface area contributed by atoms with E-state index in [0.29, 0.717) is 29.3 Å². The molecule has 0 radical (unpaired) electrons. The predicted molar refractivity (Wildman–Crippen MR) is 86.3 cm³/mol. The first-order chi connectivity index (χ1) is 10.4. The summed E-state index contributed by atoms with van der Waals surface area (Å²) in [6.45, 7) is 6.79. The van der Waals surface area contributed by atoms with Crippen LogP contribution in [0.2, 0.25) is 0 Å². The van der Waals surface area contributed by atoms with Gasteiger partial charge in [-0.15, -0.1) is 0 Å². The van der Waals surface area contributed by atoms with Crippen LogP contribution in [0.15, 0.2) is 11.6 Å². The highest BCUT2D eigenvalue weighted by molar-refractivity contribution is 5.92. The van der Waals surface area contributed by atoms with Gasteiger partial charge in [0.05, 0.1) is 0 Å². The van der Waals surface area contributed by atoms with Crippen molar-refractivity contribution in [3.05, 3.63) is 11.6 Å². The Bertz CT molecular complexity index is 574. The van der Waals surface area contributed by atoms with Gasteiger partial charge in [0.25, 0.3) is 0 Å². The molecule has 0 heterocycles. The van der Waals surface area contributed by atoms with Gasteiger partial charge in [-0.1, -0.05) is 26.3 Å². The summed E-state index contributed by atoms with van der Waals surface area (Å²) in [6, 6.07) is 0.